The van der Waals surface area contributed by atoms with E-state index in [4.69, 9.17) is 27.9 Å². The molecule has 3 N–H and O–H groups in total. The number of pyridine rings is 1. The molecule has 0 aliphatic heterocycles. The van der Waals surface area contributed by atoms with Crippen molar-refractivity contribution < 1.29 is 27.9 Å². The average molecular weight is 603 g/mol. The maximum absolute atomic E-state index is 12.9. The number of ether oxygens (including phenoxy) is 1. The number of benzene rings is 2. The Morgan fingerprint density at radius 1 is 1.07 bits per heavy atom. The number of halogens is 2. The van der Waals surface area contributed by atoms with Crippen molar-refractivity contribution in [2.24, 2.45) is 0 Å². The van der Waals surface area contributed by atoms with E-state index >= 15 is 0 Å². The van der Waals surface area contributed by atoms with Crippen molar-refractivity contribution in [3.05, 3.63) is 105 Å². The first kappa shape index (κ1) is 29.1. The molecule has 0 aliphatic rings. The lowest BCUT2D eigenvalue weighted by Gasteiger charge is -2.16. The number of H-pyrrole nitrogens is 1. The highest BCUT2D eigenvalue weighted by molar-refractivity contribution is 7.90. The number of nitrogens with one attached hydrogen (secondary N) is 2. The number of aromatic amines is 1. The molecule has 10 nitrogen and oxygen atoms in total. The maximum atomic E-state index is 12.9. The average Bonchev–Trinajstić information content (AvgIpc) is 3.33. The molecule has 0 spiro atoms. The van der Waals surface area contributed by atoms with Crippen LogP contribution in [0.1, 0.15) is 63.5 Å². The molecule has 1 unspecified atom stereocenters. The number of carbonyl (C=O) groups excluding carboxylic acids is 1. The van der Waals surface area contributed by atoms with Gasteiger partial charge in [-0.25, -0.2) is 22.9 Å². The van der Waals surface area contributed by atoms with Gasteiger partial charge in [0.15, 0.2) is 5.69 Å². The third-order valence-corrected chi connectivity index (χ3v) is 7.82. The molecule has 208 valence electrons. The number of carboxylic acids is 1. The van der Waals surface area contributed by atoms with Gasteiger partial charge in [-0.05, 0) is 48.4 Å². The summed E-state index contributed by atoms with van der Waals surface area (Å²) in [6.45, 7) is 1.97. The Morgan fingerprint density at radius 2 is 1.77 bits per heavy atom. The summed E-state index contributed by atoms with van der Waals surface area (Å²) in [4.78, 5) is 35.0. The van der Waals surface area contributed by atoms with Crippen LogP contribution in [0.2, 0.25) is 10.2 Å². The summed E-state index contributed by atoms with van der Waals surface area (Å²) < 4.78 is 33.2. The third kappa shape index (κ3) is 6.79. The van der Waals surface area contributed by atoms with E-state index in [9.17, 15) is 23.1 Å². The Morgan fingerprint density at radius 3 is 2.40 bits per heavy atom. The fourth-order valence-corrected chi connectivity index (χ4v) is 5.37. The van der Waals surface area contributed by atoms with E-state index < -0.39 is 21.9 Å². The predicted octanol–water partition coefficient (Wildman–Crippen LogP) is 5.44. The Bertz CT molecular complexity index is 1630. The van der Waals surface area contributed by atoms with Crippen LogP contribution in [0.25, 0.3) is 0 Å². The molecule has 0 saturated carbocycles. The standard InChI is InChI=1S/C27H24Cl2N4O6S/c1-2-3-21(25-31-23(27(35)36)24(29)32-25)16-5-8-19(9-6-16)39-15-17-4-7-18(28)14-22(17)26(34)33-40(37,38)20-10-12-30-13-11-20/h4-14,21H,2-3,15H2,1H3,(H,31,32)(H,33,34)(H,35,36). The summed E-state index contributed by atoms with van der Waals surface area (Å²) in [6.07, 6.45) is 4.14. The molecule has 0 bridgehead atoms. The lowest BCUT2D eigenvalue weighted by Crippen LogP contribution is -2.31. The molecule has 4 aromatic rings. The number of carboxylic acid groups (broad SMARTS) is 1. The lowest BCUT2D eigenvalue weighted by atomic mass is 9.94. The number of sulfonamides is 1. The van der Waals surface area contributed by atoms with Crippen LogP contribution in [0.3, 0.4) is 0 Å². The first-order chi connectivity index (χ1) is 19.1. The quantitative estimate of drug-likeness (QED) is 0.205. The minimum Gasteiger partial charge on any atom is -0.489 e. The monoisotopic (exact) mass is 602 g/mol. The molecule has 13 heteroatoms. The van der Waals surface area contributed by atoms with Gasteiger partial charge in [0.2, 0.25) is 0 Å². The fourth-order valence-electron chi connectivity index (χ4n) is 4.02. The van der Waals surface area contributed by atoms with E-state index in [1.807, 2.05) is 19.1 Å². The number of aromatic carboxylic acids is 1. The van der Waals surface area contributed by atoms with Crippen molar-refractivity contribution in [1.29, 1.82) is 0 Å². The molecule has 0 aliphatic carbocycles. The summed E-state index contributed by atoms with van der Waals surface area (Å²) in [5, 5.41) is 9.51. The van der Waals surface area contributed by atoms with Gasteiger partial charge in [0.1, 0.15) is 23.3 Å². The number of hydrogen-bond acceptors (Lipinski definition) is 7. The second-order valence-corrected chi connectivity index (χ2v) is 11.2. The van der Waals surface area contributed by atoms with Crippen LogP contribution >= 0.6 is 23.2 Å². The Hall–Kier alpha value is -3.93. The van der Waals surface area contributed by atoms with Gasteiger partial charge in [-0.1, -0.05) is 54.7 Å². The van der Waals surface area contributed by atoms with Gasteiger partial charge >= 0.3 is 5.97 Å². The number of imidazole rings is 1. The molecule has 40 heavy (non-hydrogen) atoms. The zero-order valence-electron chi connectivity index (χ0n) is 21.1. The van der Waals surface area contributed by atoms with Crippen LogP contribution in [0.4, 0.5) is 0 Å². The van der Waals surface area contributed by atoms with Gasteiger partial charge in [0, 0.05) is 34.5 Å². The minimum absolute atomic E-state index is 0.0278. The highest BCUT2D eigenvalue weighted by Gasteiger charge is 2.23. The van der Waals surface area contributed by atoms with E-state index in [0.717, 1.165) is 12.0 Å². The molecule has 0 fully saturated rings. The molecule has 0 radical (unpaired) electrons. The van der Waals surface area contributed by atoms with Crippen molar-refractivity contribution in [3.63, 3.8) is 0 Å². The summed E-state index contributed by atoms with van der Waals surface area (Å²) in [5.41, 5.74) is 1.12. The second-order valence-electron chi connectivity index (χ2n) is 8.71. The predicted molar refractivity (Wildman–Crippen MR) is 148 cm³/mol. The van der Waals surface area contributed by atoms with Crippen LogP contribution in [-0.4, -0.2) is 40.4 Å². The number of hydrogen-bond donors (Lipinski definition) is 3. The second kappa shape index (κ2) is 12.5. The number of rotatable bonds is 11. The summed E-state index contributed by atoms with van der Waals surface area (Å²) in [7, 11) is -4.12. The molecule has 4 rings (SSSR count). The number of nitrogens with zero attached hydrogens (tertiary/aromatic N) is 2. The minimum atomic E-state index is -4.12. The van der Waals surface area contributed by atoms with E-state index in [-0.39, 0.29) is 38.9 Å². The van der Waals surface area contributed by atoms with Crippen molar-refractivity contribution in [1.82, 2.24) is 19.7 Å². The summed E-state index contributed by atoms with van der Waals surface area (Å²) in [6, 6.07) is 14.2. The van der Waals surface area contributed by atoms with Gasteiger partial charge < -0.3 is 14.8 Å². The molecule has 2 heterocycles. The topological polar surface area (TPSA) is 151 Å². The molecule has 1 atom stereocenters. The van der Waals surface area contributed by atoms with Crippen molar-refractivity contribution >= 4 is 45.1 Å². The SMILES string of the molecule is CCCC(c1ccc(OCc2ccc(Cl)cc2C(=O)NS(=O)(=O)c2ccncc2)cc1)c1nc(C(=O)O)c(Cl)[nH]1. The van der Waals surface area contributed by atoms with E-state index in [0.29, 0.717) is 23.6 Å². The zero-order valence-corrected chi connectivity index (χ0v) is 23.4. The fraction of sp³-hybridized carbons (Fsp3) is 0.185. The number of aromatic nitrogens is 3. The van der Waals surface area contributed by atoms with Crippen LogP contribution in [0, 0.1) is 0 Å². The highest BCUT2D eigenvalue weighted by Crippen LogP contribution is 2.31. The molecule has 0 saturated heterocycles. The summed E-state index contributed by atoms with van der Waals surface area (Å²) in [5.74, 6) is -1.33. The van der Waals surface area contributed by atoms with Crippen LogP contribution < -0.4 is 9.46 Å². The molecule has 2 aromatic carbocycles. The zero-order chi connectivity index (χ0) is 28.9. The Labute approximate surface area is 240 Å². The lowest BCUT2D eigenvalue weighted by molar-refractivity contribution is 0.0690. The number of carbonyl (C=O) groups is 2. The molecular weight excluding hydrogens is 579 g/mol. The first-order valence-corrected chi connectivity index (χ1v) is 14.3. The summed E-state index contributed by atoms with van der Waals surface area (Å²) >= 11 is 12.1. The van der Waals surface area contributed by atoms with Crippen LogP contribution in [0.15, 0.2) is 71.9 Å². The Kier molecular flexibility index (Phi) is 9.08. The van der Waals surface area contributed by atoms with E-state index in [2.05, 4.69) is 19.7 Å². The third-order valence-electron chi connectivity index (χ3n) is 5.97. The normalized spacial score (nSPS) is 12.1. The smallest absolute Gasteiger partial charge is 0.357 e. The van der Waals surface area contributed by atoms with E-state index in [1.54, 1.807) is 24.3 Å². The van der Waals surface area contributed by atoms with Crippen LogP contribution in [0.5, 0.6) is 5.75 Å². The van der Waals surface area contributed by atoms with Crippen LogP contribution in [-0.2, 0) is 16.6 Å². The van der Waals surface area contributed by atoms with Gasteiger partial charge in [0.25, 0.3) is 15.9 Å². The molecular formula is C27H24Cl2N4O6S. The number of amides is 1. The molecule has 1 amide bonds. The van der Waals surface area contributed by atoms with Crippen molar-refractivity contribution in [2.45, 2.75) is 37.2 Å². The molecule has 2 aromatic heterocycles. The van der Waals surface area contributed by atoms with Gasteiger partial charge in [-0.3, -0.25) is 9.78 Å². The Balaban J connectivity index is 1.50. The first-order valence-electron chi connectivity index (χ1n) is 12.1. The maximum Gasteiger partial charge on any atom is 0.357 e. The van der Waals surface area contributed by atoms with Gasteiger partial charge in [-0.2, -0.15) is 0 Å². The van der Waals surface area contributed by atoms with Gasteiger partial charge in [-0.15, -0.1) is 0 Å². The van der Waals surface area contributed by atoms with E-state index in [1.165, 1.54) is 30.6 Å². The van der Waals surface area contributed by atoms with Crippen molar-refractivity contribution in [2.75, 3.05) is 0 Å². The van der Waals surface area contributed by atoms with Gasteiger partial charge in [0.05, 0.1) is 4.90 Å². The highest BCUT2D eigenvalue weighted by atomic mass is 35.5. The largest absolute Gasteiger partial charge is 0.489 e. The van der Waals surface area contributed by atoms with Crippen molar-refractivity contribution in [3.8, 4) is 5.75 Å².